The van der Waals surface area contributed by atoms with Crippen LogP contribution in [-0.4, -0.2) is 12.6 Å². The molecule has 16 heavy (non-hydrogen) atoms. The normalized spacial score (nSPS) is 24.5. The molecule has 0 aromatic heterocycles. The number of nitriles is 1. The van der Waals surface area contributed by atoms with Crippen molar-refractivity contribution >= 4 is 5.69 Å². The summed E-state index contributed by atoms with van der Waals surface area (Å²) >= 11 is 0. The summed E-state index contributed by atoms with van der Waals surface area (Å²) in [6.45, 7) is 7.67. The number of anilines is 1. The molecule has 2 unspecified atom stereocenters. The van der Waals surface area contributed by atoms with Gasteiger partial charge in [-0.05, 0) is 43.9 Å². The SMILES string of the molecule is Cc1ccc(C#N)c(N2CC(C)CC2C)c1. The molecule has 2 rings (SSSR count). The molecular formula is C14H18N2. The predicted molar refractivity (Wildman–Crippen MR) is 66.5 cm³/mol. The van der Waals surface area contributed by atoms with Crippen LogP contribution in [0.5, 0.6) is 0 Å². The smallest absolute Gasteiger partial charge is 0.101 e. The third-order valence-electron chi connectivity index (χ3n) is 3.37. The third kappa shape index (κ3) is 1.90. The van der Waals surface area contributed by atoms with Gasteiger partial charge >= 0.3 is 0 Å². The first-order chi connectivity index (χ1) is 7.61. The van der Waals surface area contributed by atoms with Gasteiger partial charge in [-0.2, -0.15) is 5.26 Å². The molecule has 84 valence electrons. The molecule has 1 fully saturated rings. The Balaban J connectivity index is 2.40. The summed E-state index contributed by atoms with van der Waals surface area (Å²) < 4.78 is 0. The maximum absolute atomic E-state index is 9.15. The second kappa shape index (κ2) is 4.17. The highest BCUT2D eigenvalue weighted by Gasteiger charge is 2.27. The van der Waals surface area contributed by atoms with E-state index >= 15 is 0 Å². The Morgan fingerprint density at radius 1 is 1.38 bits per heavy atom. The van der Waals surface area contributed by atoms with Gasteiger partial charge in [-0.3, -0.25) is 0 Å². The minimum atomic E-state index is 0.545. The van der Waals surface area contributed by atoms with Crippen LogP contribution in [0, 0.1) is 24.2 Å². The van der Waals surface area contributed by atoms with E-state index in [4.69, 9.17) is 5.26 Å². The highest BCUT2D eigenvalue weighted by atomic mass is 15.2. The van der Waals surface area contributed by atoms with Crippen LogP contribution < -0.4 is 4.90 Å². The largest absolute Gasteiger partial charge is 0.367 e. The fourth-order valence-electron chi connectivity index (χ4n) is 2.61. The summed E-state index contributed by atoms with van der Waals surface area (Å²) in [5, 5.41) is 9.15. The zero-order chi connectivity index (χ0) is 11.7. The lowest BCUT2D eigenvalue weighted by molar-refractivity contribution is 0.625. The van der Waals surface area contributed by atoms with E-state index in [0.29, 0.717) is 6.04 Å². The summed E-state index contributed by atoms with van der Waals surface area (Å²) in [5.41, 5.74) is 3.13. The molecule has 0 aliphatic carbocycles. The average molecular weight is 214 g/mol. The van der Waals surface area contributed by atoms with Crippen molar-refractivity contribution in [3.8, 4) is 6.07 Å². The second-order valence-corrected chi connectivity index (χ2v) is 4.97. The molecule has 2 heteroatoms. The molecule has 0 radical (unpaired) electrons. The molecule has 2 nitrogen and oxygen atoms in total. The minimum Gasteiger partial charge on any atom is -0.367 e. The van der Waals surface area contributed by atoms with Crippen LogP contribution >= 0.6 is 0 Å². The van der Waals surface area contributed by atoms with Crippen molar-refractivity contribution in [3.05, 3.63) is 29.3 Å². The van der Waals surface area contributed by atoms with E-state index in [9.17, 15) is 0 Å². The van der Waals surface area contributed by atoms with Crippen molar-refractivity contribution in [1.29, 1.82) is 5.26 Å². The molecule has 1 aliphatic heterocycles. The van der Waals surface area contributed by atoms with Crippen molar-refractivity contribution in [2.45, 2.75) is 33.2 Å². The number of nitrogens with zero attached hydrogens (tertiary/aromatic N) is 2. The van der Waals surface area contributed by atoms with Crippen molar-refractivity contribution in [2.75, 3.05) is 11.4 Å². The molecule has 0 amide bonds. The molecular weight excluding hydrogens is 196 g/mol. The number of hydrogen-bond donors (Lipinski definition) is 0. The van der Waals surface area contributed by atoms with Gasteiger partial charge in [0.2, 0.25) is 0 Å². The molecule has 2 atom stereocenters. The number of hydrogen-bond acceptors (Lipinski definition) is 2. The van der Waals surface area contributed by atoms with E-state index < -0.39 is 0 Å². The lowest BCUT2D eigenvalue weighted by Crippen LogP contribution is -2.27. The van der Waals surface area contributed by atoms with Crippen LogP contribution in [-0.2, 0) is 0 Å². The Kier molecular flexibility index (Phi) is 2.87. The van der Waals surface area contributed by atoms with Crippen molar-refractivity contribution < 1.29 is 0 Å². The number of benzene rings is 1. The lowest BCUT2D eigenvalue weighted by atomic mass is 10.1. The van der Waals surface area contributed by atoms with Crippen LogP contribution in [0.15, 0.2) is 18.2 Å². The highest BCUT2D eigenvalue weighted by Crippen LogP contribution is 2.31. The van der Waals surface area contributed by atoms with E-state index in [-0.39, 0.29) is 0 Å². The Hall–Kier alpha value is -1.49. The molecule has 1 aromatic carbocycles. The highest BCUT2D eigenvalue weighted by molar-refractivity contribution is 5.61. The third-order valence-corrected chi connectivity index (χ3v) is 3.37. The Morgan fingerprint density at radius 2 is 2.12 bits per heavy atom. The van der Waals surface area contributed by atoms with Gasteiger partial charge in [0.25, 0.3) is 0 Å². The van der Waals surface area contributed by atoms with Crippen molar-refractivity contribution in [3.63, 3.8) is 0 Å². The van der Waals surface area contributed by atoms with Gasteiger partial charge in [-0.1, -0.05) is 13.0 Å². The minimum absolute atomic E-state index is 0.545. The Bertz CT molecular complexity index is 431. The molecule has 1 saturated heterocycles. The fraction of sp³-hybridized carbons (Fsp3) is 0.500. The molecule has 0 spiro atoms. The summed E-state index contributed by atoms with van der Waals surface area (Å²) in [6.07, 6.45) is 1.22. The standard InChI is InChI=1S/C14H18N2/c1-10-4-5-13(8-15)14(7-10)16-9-11(2)6-12(16)3/h4-5,7,11-12H,6,9H2,1-3H3. The van der Waals surface area contributed by atoms with Crippen LogP contribution in [0.3, 0.4) is 0 Å². The van der Waals surface area contributed by atoms with Crippen molar-refractivity contribution in [2.24, 2.45) is 5.92 Å². The van der Waals surface area contributed by atoms with E-state index in [2.05, 4.69) is 37.8 Å². The number of aryl methyl sites for hydroxylation is 1. The molecule has 0 saturated carbocycles. The van der Waals surface area contributed by atoms with Crippen LogP contribution in [0.25, 0.3) is 0 Å². The summed E-state index contributed by atoms with van der Waals surface area (Å²) in [6, 6.07) is 8.91. The van der Waals surface area contributed by atoms with Crippen LogP contribution in [0.4, 0.5) is 5.69 Å². The molecule has 0 bridgehead atoms. The number of rotatable bonds is 1. The van der Waals surface area contributed by atoms with E-state index in [1.165, 1.54) is 12.0 Å². The van der Waals surface area contributed by atoms with Crippen molar-refractivity contribution in [1.82, 2.24) is 0 Å². The molecule has 1 aromatic rings. The fourth-order valence-corrected chi connectivity index (χ4v) is 2.61. The second-order valence-electron chi connectivity index (χ2n) is 4.97. The average Bonchev–Trinajstić information content (AvgIpc) is 2.57. The first-order valence-electron chi connectivity index (χ1n) is 5.89. The maximum atomic E-state index is 9.15. The van der Waals surface area contributed by atoms with Gasteiger partial charge in [0.15, 0.2) is 0 Å². The molecule has 1 heterocycles. The molecule has 0 N–H and O–H groups in total. The van der Waals surface area contributed by atoms with Crippen LogP contribution in [0.1, 0.15) is 31.4 Å². The summed E-state index contributed by atoms with van der Waals surface area (Å²) in [4.78, 5) is 2.37. The zero-order valence-electron chi connectivity index (χ0n) is 10.2. The first-order valence-corrected chi connectivity index (χ1v) is 5.89. The maximum Gasteiger partial charge on any atom is 0.101 e. The summed E-state index contributed by atoms with van der Waals surface area (Å²) in [5.74, 6) is 0.724. The Morgan fingerprint density at radius 3 is 2.69 bits per heavy atom. The topological polar surface area (TPSA) is 27.0 Å². The van der Waals surface area contributed by atoms with Gasteiger partial charge in [0.1, 0.15) is 6.07 Å². The van der Waals surface area contributed by atoms with Gasteiger partial charge < -0.3 is 4.90 Å². The first kappa shape index (κ1) is 11.0. The predicted octanol–water partition coefficient (Wildman–Crippen LogP) is 3.10. The van der Waals surface area contributed by atoms with Crippen LogP contribution in [0.2, 0.25) is 0 Å². The van der Waals surface area contributed by atoms with Gasteiger partial charge in [-0.15, -0.1) is 0 Å². The Labute approximate surface area is 97.5 Å². The quantitative estimate of drug-likeness (QED) is 0.718. The summed E-state index contributed by atoms with van der Waals surface area (Å²) in [7, 11) is 0. The van der Waals surface area contributed by atoms with Gasteiger partial charge in [0, 0.05) is 12.6 Å². The van der Waals surface area contributed by atoms with E-state index in [1.54, 1.807) is 0 Å². The molecule has 1 aliphatic rings. The van der Waals surface area contributed by atoms with E-state index in [1.807, 2.05) is 12.1 Å². The van der Waals surface area contributed by atoms with Gasteiger partial charge in [-0.25, -0.2) is 0 Å². The van der Waals surface area contributed by atoms with E-state index in [0.717, 1.165) is 23.7 Å². The zero-order valence-corrected chi connectivity index (χ0v) is 10.2. The monoisotopic (exact) mass is 214 g/mol. The lowest BCUT2D eigenvalue weighted by Gasteiger charge is -2.25. The van der Waals surface area contributed by atoms with Gasteiger partial charge in [0.05, 0.1) is 11.3 Å².